The number of fused-ring (bicyclic) bond motifs is 2. The van der Waals surface area contributed by atoms with Gasteiger partial charge in [0.15, 0.2) is 0 Å². The number of pyridine rings is 1. The third-order valence-corrected chi connectivity index (χ3v) is 7.54. The van der Waals surface area contributed by atoms with Crippen molar-refractivity contribution in [2.24, 2.45) is 11.8 Å². The van der Waals surface area contributed by atoms with E-state index in [0.29, 0.717) is 24.4 Å². The summed E-state index contributed by atoms with van der Waals surface area (Å²) in [6, 6.07) is 4.92. The molecule has 164 valence electrons. The van der Waals surface area contributed by atoms with Gasteiger partial charge in [-0.1, -0.05) is 18.1 Å². The van der Waals surface area contributed by atoms with E-state index < -0.39 is 0 Å². The Morgan fingerprint density at radius 3 is 2.97 bits per heavy atom. The van der Waals surface area contributed by atoms with Crippen molar-refractivity contribution in [2.75, 3.05) is 13.1 Å². The Balaban J connectivity index is 1.11. The minimum absolute atomic E-state index is 0.490. The van der Waals surface area contributed by atoms with Gasteiger partial charge in [-0.05, 0) is 56.2 Å². The fraction of sp³-hybridized carbons (Fsp3) is 0.609. The summed E-state index contributed by atoms with van der Waals surface area (Å²) in [4.78, 5) is 8.22. The van der Waals surface area contributed by atoms with Gasteiger partial charge in [-0.3, -0.25) is 15.8 Å². The molecule has 3 fully saturated rings. The van der Waals surface area contributed by atoms with E-state index in [0.717, 1.165) is 47.8 Å². The van der Waals surface area contributed by atoms with E-state index >= 15 is 0 Å². The number of aromatic nitrogens is 5. The van der Waals surface area contributed by atoms with Gasteiger partial charge in [0.05, 0.1) is 17.9 Å². The molecule has 0 amide bonds. The summed E-state index contributed by atoms with van der Waals surface area (Å²) in [5.41, 5.74) is 11.3. The molecule has 3 aliphatic rings. The van der Waals surface area contributed by atoms with Gasteiger partial charge in [-0.25, -0.2) is 4.68 Å². The van der Waals surface area contributed by atoms with Gasteiger partial charge < -0.3 is 10.3 Å². The van der Waals surface area contributed by atoms with Gasteiger partial charge in [-0.2, -0.15) is 0 Å². The maximum absolute atomic E-state index is 4.67. The van der Waals surface area contributed by atoms with Crippen LogP contribution in [0.25, 0.3) is 10.9 Å². The fourth-order valence-electron chi connectivity index (χ4n) is 5.55. The highest BCUT2D eigenvalue weighted by Gasteiger charge is 2.38. The summed E-state index contributed by atoms with van der Waals surface area (Å²) < 4.78 is 1.94. The van der Waals surface area contributed by atoms with Crippen molar-refractivity contribution >= 4 is 10.9 Å². The van der Waals surface area contributed by atoms with Gasteiger partial charge in [0.1, 0.15) is 0 Å². The molecule has 31 heavy (non-hydrogen) atoms. The topological polar surface area (TPSA) is 95.5 Å². The van der Waals surface area contributed by atoms with Crippen LogP contribution in [0.4, 0.5) is 0 Å². The van der Waals surface area contributed by atoms with Crippen molar-refractivity contribution in [3.05, 3.63) is 41.6 Å². The maximum Gasteiger partial charge on any atom is 0.0862 e. The zero-order valence-corrected chi connectivity index (χ0v) is 18.0. The molecule has 3 atom stereocenters. The van der Waals surface area contributed by atoms with Crippen molar-refractivity contribution in [3.63, 3.8) is 0 Å². The molecule has 3 unspecified atom stereocenters. The van der Waals surface area contributed by atoms with Gasteiger partial charge >= 0.3 is 0 Å². The Morgan fingerprint density at radius 1 is 1.13 bits per heavy atom. The normalized spacial score (nSPS) is 26.3. The number of H-pyrrole nitrogens is 1. The maximum atomic E-state index is 4.67. The lowest BCUT2D eigenvalue weighted by atomic mass is 9.75. The molecule has 1 saturated heterocycles. The summed E-state index contributed by atoms with van der Waals surface area (Å²) >= 11 is 0. The van der Waals surface area contributed by atoms with E-state index in [1.54, 1.807) is 0 Å². The minimum Gasteiger partial charge on any atom is -0.357 e. The van der Waals surface area contributed by atoms with Gasteiger partial charge in [0, 0.05) is 54.0 Å². The molecule has 8 nitrogen and oxygen atoms in total. The van der Waals surface area contributed by atoms with Crippen LogP contribution < -0.4 is 16.2 Å². The third kappa shape index (κ3) is 4.00. The second-order valence-corrected chi connectivity index (χ2v) is 9.66. The lowest BCUT2D eigenvalue weighted by Gasteiger charge is -2.31. The summed E-state index contributed by atoms with van der Waals surface area (Å²) in [5.74, 6) is 1.98. The van der Waals surface area contributed by atoms with Crippen LogP contribution in [0.5, 0.6) is 0 Å². The first-order valence-electron chi connectivity index (χ1n) is 11.9. The largest absolute Gasteiger partial charge is 0.357 e. The lowest BCUT2D eigenvalue weighted by Crippen LogP contribution is -2.36. The molecule has 8 heteroatoms. The predicted molar refractivity (Wildman–Crippen MR) is 119 cm³/mol. The monoisotopic (exact) mass is 420 g/mol. The van der Waals surface area contributed by atoms with Crippen LogP contribution in [0.15, 0.2) is 24.5 Å². The molecule has 4 N–H and O–H groups in total. The highest BCUT2D eigenvalue weighted by atomic mass is 15.4. The van der Waals surface area contributed by atoms with Gasteiger partial charge in [0.2, 0.25) is 0 Å². The quantitative estimate of drug-likeness (QED) is 0.469. The Hall–Kier alpha value is -2.29. The third-order valence-electron chi connectivity index (χ3n) is 7.54. The van der Waals surface area contributed by atoms with E-state index in [1.807, 2.05) is 10.9 Å². The number of aromatic amines is 1. The van der Waals surface area contributed by atoms with Crippen molar-refractivity contribution in [1.82, 2.24) is 41.1 Å². The number of rotatable bonds is 7. The number of nitrogens with one attached hydrogen (secondary N) is 4. The SMILES string of the molecule is c1nc(Cn2cc(C3CCCC4NNCC43)nn2)cc2[nH]c(CNCC3CCC3)cc12. The highest BCUT2D eigenvalue weighted by molar-refractivity contribution is 5.79. The van der Waals surface area contributed by atoms with Gasteiger partial charge in [0.25, 0.3) is 0 Å². The average Bonchev–Trinajstić information content (AvgIpc) is 3.48. The van der Waals surface area contributed by atoms with Crippen LogP contribution in [0.1, 0.15) is 61.5 Å². The Kier molecular flexibility index (Phi) is 5.21. The molecular formula is C23H32N8. The summed E-state index contributed by atoms with van der Waals surface area (Å²) in [7, 11) is 0. The molecule has 3 aromatic heterocycles. The van der Waals surface area contributed by atoms with Gasteiger partial charge in [-0.15, -0.1) is 5.10 Å². The first-order valence-corrected chi connectivity index (χ1v) is 11.9. The summed E-state index contributed by atoms with van der Waals surface area (Å²) in [6.45, 7) is 3.68. The minimum atomic E-state index is 0.490. The van der Waals surface area contributed by atoms with Crippen LogP contribution >= 0.6 is 0 Å². The Bertz CT molecular complexity index is 1040. The Morgan fingerprint density at radius 2 is 2.06 bits per heavy atom. The number of nitrogens with zero attached hydrogens (tertiary/aromatic N) is 4. The molecule has 3 aromatic rings. The molecule has 1 aliphatic heterocycles. The Labute approximate surface area is 182 Å². The van der Waals surface area contributed by atoms with Crippen LogP contribution in [0.3, 0.4) is 0 Å². The zero-order valence-electron chi connectivity index (χ0n) is 18.0. The fourth-order valence-corrected chi connectivity index (χ4v) is 5.55. The second-order valence-electron chi connectivity index (χ2n) is 9.66. The molecular weight excluding hydrogens is 388 g/mol. The van der Waals surface area contributed by atoms with Crippen LogP contribution in [0.2, 0.25) is 0 Å². The van der Waals surface area contributed by atoms with Crippen LogP contribution in [-0.2, 0) is 13.1 Å². The highest BCUT2D eigenvalue weighted by Crippen LogP contribution is 2.38. The molecule has 6 rings (SSSR count). The van der Waals surface area contributed by atoms with Crippen LogP contribution in [-0.4, -0.2) is 44.1 Å². The molecule has 0 aromatic carbocycles. The first-order chi connectivity index (χ1) is 15.3. The standard InChI is InChI=1S/C23H32N8/c1-3-15(4-1)9-24-11-17-7-16-10-25-18(8-22(16)27-17)13-31-14-23(29-30-31)19-5-2-6-21-20(19)12-26-28-21/h7-8,10,14-15,19-21,24,26-28H,1-6,9,11-13H2. The summed E-state index contributed by atoms with van der Waals surface area (Å²) in [6.07, 6.45) is 12.0. The van der Waals surface area contributed by atoms with Crippen molar-refractivity contribution in [3.8, 4) is 0 Å². The van der Waals surface area contributed by atoms with E-state index in [4.69, 9.17) is 0 Å². The molecule has 0 radical (unpaired) electrons. The average molecular weight is 421 g/mol. The number of hydrazine groups is 1. The molecule has 2 saturated carbocycles. The smallest absolute Gasteiger partial charge is 0.0862 e. The second kappa shape index (κ2) is 8.33. The van der Waals surface area contributed by atoms with E-state index in [-0.39, 0.29) is 0 Å². The number of hydrogen-bond donors (Lipinski definition) is 4. The molecule has 4 heterocycles. The van der Waals surface area contributed by atoms with E-state index in [9.17, 15) is 0 Å². The molecule has 0 spiro atoms. The molecule has 0 bridgehead atoms. The van der Waals surface area contributed by atoms with Crippen molar-refractivity contribution in [2.45, 2.75) is 63.6 Å². The van der Waals surface area contributed by atoms with Crippen molar-refractivity contribution < 1.29 is 0 Å². The predicted octanol–water partition coefficient (Wildman–Crippen LogP) is 2.45. The summed E-state index contributed by atoms with van der Waals surface area (Å²) in [5, 5.41) is 13.7. The lowest BCUT2D eigenvalue weighted by molar-refractivity contribution is 0.287. The number of hydrogen-bond acceptors (Lipinski definition) is 6. The zero-order chi connectivity index (χ0) is 20.6. The molecule has 2 aliphatic carbocycles. The van der Waals surface area contributed by atoms with E-state index in [2.05, 4.69) is 54.8 Å². The van der Waals surface area contributed by atoms with E-state index in [1.165, 1.54) is 44.2 Å². The van der Waals surface area contributed by atoms with Crippen LogP contribution in [0, 0.1) is 11.8 Å². The van der Waals surface area contributed by atoms with Crippen molar-refractivity contribution in [1.29, 1.82) is 0 Å². The first kappa shape index (κ1) is 19.4.